The molecule has 1 atom stereocenters. The van der Waals surface area contributed by atoms with Gasteiger partial charge in [0.25, 0.3) is 0 Å². The van der Waals surface area contributed by atoms with E-state index in [4.69, 9.17) is 4.42 Å². The van der Waals surface area contributed by atoms with E-state index in [1.165, 1.54) is 0 Å². The predicted octanol–water partition coefficient (Wildman–Crippen LogP) is 3.55. The SMILES string of the molecule is Cc1nc(-c2ccc(S(=O)(=O)NCCC(CCO)c3ccsc3)cc2)co1. The molecular formula is C19H22N2O4S2. The van der Waals surface area contributed by atoms with E-state index in [0.717, 1.165) is 11.1 Å². The highest BCUT2D eigenvalue weighted by Crippen LogP contribution is 2.25. The van der Waals surface area contributed by atoms with Crippen molar-refractivity contribution in [3.8, 4) is 11.3 Å². The van der Waals surface area contributed by atoms with Gasteiger partial charge in [-0.2, -0.15) is 11.3 Å². The molecule has 1 aromatic carbocycles. The van der Waals surface area contributed by atoms with Crippen LogP contribution in [0, 0.1) is 6.92 Å². The number of aliphatic hydroxyl groups excluding tert-OH is 1. The molecule has 6 nitrogen and oxygen atoms in total. The summed E-state index contributed by atoms with van der Waals surface area (Å²) in [4.78, 5) is 4.44. The monoisotopic (exact) mass is 406 g/mol. The van der Waals surface area contributed by atoms with Crippen molar-refractivity contribution in [3.63, 3.8) is 0 Å². The third-order valence-corrected chi connectivity index (χ3v) is 6.53. The van der Waals surface area contributed by atoms with E-state index in [9.17, 15) is 13.5 Å². The number of sulfonamides is 1. The van der Waals surface area contributed by atoms with Gasteiger partial charge in [-0.1, -0.05) is 12.1 Å². The third kappa shape index (κ3) is 5.04. The van der Waals surface area contributed by atoms with Crippen LogP contribution in [-0.2, 0) is 10.0 Å². The van der Waals surface area contributed by atoms with Crippen LogP contribution in [0.15, 0.2) is 56.7 Å². The summed E-state index contributed by atoms with van der Waals surface area (Å²) in [6.45, 7) is 2.15. The number of rotatable bonds is 9. The summed E-state index contributed by atoms with van der Waals surface area (Å²) >= 11 is 1.60. The van der Waals surface area contributed by atoms with Gasteiger partial charge in [-0.3, -0.25) is 0 Å². The summed E-state index contributed by atoms with van der Waals surface area (Å²) in [6, 6.07) is 8.57. The van der Waals surface area contributed by atoms with E-state index in [1.54, 1.807) is 48.8 Å². The molecule has 144 valence electrons. The highest BCUT2D eigenvalue weighted by atomic mass is 32.2. The Morgan fingerprint density at radius 2 is 2.00 bits per heavy atom. The Balaban J connectivity index is 1.62. The summed E-state index contributed by atoms with van der Waals surface area (Å²) < 4.78 is 32.9. The lowest BCUT2D eigenvalue weighted by atomic mass is 9.95. The first-order valence-electron chi connectivity index (χ1n) is 8.65. The predicted molar refractivity (Wildman–Crippen MR) is 105 cm³/mol. The number of hydrogen-bond donors (Lipinski definition) is 2. The minimum atomic E-state index is -3.59. The molecule has 2 aromatic heterocycles. The first kappa shape index (κ1) is 19.8. The number of thiophene rings is 1. The van der Waals surface area contributed by atoms with Gasteiger partial charge in [0, 0.05) is 25.6 Å². The first-order chi connectivity index (χ1) is 13.0. The molecule has 3 aromatic rings. The molecule has 2 N–H and O–H groups in total. The van der Waals surface area contributed by atoms with Crippen LogP contribution in [0.3, 0.4) is 0 Å². The van der Waals surface area contributed by atoms with Crippen LogP contribution in [0.1, 0.15) is 30.2 Å². The Labute approximate surface area is 162 Å². The minimum Gasteiger partial charge on any atom is -0.449 e. The molecule has 1 unspecified atom stereocenters. The first-order valence-corrected chi connectivity index (χ1v) is 11.1. The topological polar surface area (TPSA) is 92.4 Å². The Hall–Kier alpha value is -2.00. The molecule has 0 bridgehead atoms. The van der Waals surface area contributed by atoms with Crippen molar-refractivity contribution in [1.82, 2.24) is 9.71 Å². The quantitative estimate of drug-likeness (QED) is 0.567. The molecule has 2 heterocycles. The lowest BCUT2D eigenvalue weighted by Gasteiger charge is -2.15. The van der Waals surface area contributed by atoms with Gasteiger partial charge in [-0.15, -0.1) is 0 Å². The Morgan fingerprint density at radius 1 is 1.22 bits per heavy atom. The standard InChI is InChI=1S/C19H22N2O4S2/c1-14-21-19(12-25-14)16-2-4-18(5-3-16)27(23,24)20-9-6-15(7-10-22)17-8-11-26-13-17/h2-5,8,11-13,15,20,22H,6-7,9-10H2,1H3. The molecule has 0 amide bonds. The van der Waals surface area contributed by atoms with Crippen LogP contribution in [0.2, 0.25) is 0 Å². The molecule has 3 rings (SSSR count). The number of aliphatic hydroxyl groups is 1. The summed E-state index contributed by atoms with van der Waals surface area (Å²) in [6.07, 6.45) is 2.79. The number of nitrogens with zero attached hydrogens (tertiary/aromatic N) is 1. The minimum absolute atomic E-state index is 0.0796. The van der Waals surface area contributed by atoms with E-state index >= 15 is 0 Å². The fourth-order valence-electron chi connectivity index (χ4n) is 2.89. The number of hydrogen-bond acceptors (Lipinski definition) is 6. The van der Waals surface area contributed by atoms with Crippen LogP contribution >= 0.6 is 11.3 Å². The highest BCUT2D eigenvalue weighted by Gasteiger charge is 2.17. The average Bonchev–Trinajstić information content (AvgIpc) is 3.33. The van der Waals surface area contributed by atoms with Crippen LogP contribution in [-0.4, -0.2) is 31.7 Å². The van der Waals surface area contributed by atoms with Crippen molar-refractivity contribution < 1.29 is 17.9 Å². The number of benzene rings is 1. The van der Waals surface area contributed by atoms with Gasteiger partial charge >= 0.3 is 0 Å². The zero-order valence-electron chi connectivity index (χ0n) is 15.0. The lowest BCUT2D eigenvalue weighted by Crippen LogP contribution is -2.26. The van der Waals surface area contributed by atoms with Gasteiger partial charge in [-0.25, -0.2) is 18.1 Å². The van der Waals surface area contributed by atoms with Gasteiger partial charge in [0.15, 0.2) is 5.89 Å². The second-order valence-corrected chi connectivity index (χ2v) is 8.78. The van der Waals surface area contributed by atoms with Crippen molar-refractivity contribution in [2.75, 3.05) is 13.2 Å². The Bertz CT molecular complexity index is 948. The fraction of sp³-hybridized carbons (Fsp3) is 0.316. The van der Waals surface area contributed by atoms with Gasteiger partial charge in [-0.05, 0) is 53.3 Å². The largest absolute Gasteiger partial charge is 0.449 e. The number of oxazole rings is 1. The number of nitrogens with one attached hydrogen (secondary N) is 1. The van der Waals surface area contributed by atoms with Gasteiger partial charge in [0.2, 0.25) is 10.0 Å². The molecule has 0 radical (unpaired) electrons. The van der Waals surface area contributed by atoms with E-state index < -0.39 is 10.0 Å². The second kappa shape index (κ2) is 8.79. The Kier molecular flexibility index (Phi) is 6.43. The number of aryl methyl sites for hydroxylation is 1. The highest BCUT2D eigenvalue weighted by molar-refractivity contribution is 7.89. The van der Waals surface area contributed by atoms with Crippen LogP contribution < -0.4 is 4.72 Å². The lowest BCUT2D eigenvalue weighted by molar-refractivity contribution is 0.273. The van der Waals surface area contributed by atoms with Gasteiger partial charge in [0.1, 0.15) is 12.0 Å². The maximum atomic E-state index is 12.5. The molecule has 0 saturated carbocycles. The maximum Gasteiger partial charge on any atom is 0.240 e. The van der Waals surface area contributed by atoms with Crippen molar-refractivity contribution in [2.45, 2.75) is 30.6 Å². The normalized spacial score (nSPS) is 13.0. The smallest absolute Gasteiger partial charge is 0.240 e. The molecule has 0 saturated heterocycles. The van der Waals surface area contributed by atoms with Crippen molar-refractivity contribution in [2.24, 2.45) is 0 Å². The molecule has 0 aliphatic heterocycles. The van der Waals surface area contributed by atoms with Crippen molar-refractivity contribution in [3.05, 3.63) is 58.8 Å². The molecule has 0 aliphatic rings. The summed E-state index contributed by atoms with van der Waals surface area (Å²) in [5.41, 5.74) is 2.61. The van der Waals surface area contributed by atoms with E-state index in [0.29, 0.717) is 31.0 Å². The molecular weight excluding hydrogens is 384 g/mol. The van der Waals surface area contributed by atoms with Gasteiger partial charge in [0.05, 0.1) is 4.90 Å². The second-order valence-electron chi connectivity index (χ2n) is 6.23. The van der Waals surface area contributed by atoms with Crippen LogP contribution in [0.25, 0.3) is 11.3 Å². The maximum absolute atomic E-state index is 12.5. The zero-order valence-corrected chi connectivity index (χ0v) is 16.6. The zero-order chi connectivity index (χ0) is 19.3. The summed E-state index contributed by atoms with van der Waals surface area (Å²) in [5.74, 6) is 0.702. The van der Waals surface area contributed by atoms with E-state index in [-0.39, 0.29) is 17.4 Å². The fourth-order valence-corrected chi connectivity index (χ4v) is 4.68. The molecule has 27 heavy (non-hydrogen) atoms. The molecule has 8 heteroatoms. The van der Waals surface area contributed by atoms with Crippen LogP contribution in [0.4, 0.5) is 0 Å². The van der Waals surface area contributed by atoms with Crippen molar-refractivity contribution >= 4 is 21.4 Å². The Morgan fingerprint density at radius 3 is 2.59 bits per heavy atom. The average molecular weight is 407 g/mol. The van der Waals surface area contributed by atoms with E-state index in [1.807, 2.05) is 16.8 Å². The van der Waals surface area contributed by atoms with Crippen molar-refractivity contribution in [1.29, 1.82) is 0 Å². The van der Waals surface area contributed by atoms with E-state index in [2.05, 4.69) is 9.71 Å². The molecule has 0 aliphatic carbocycles. The third-order valence-electron chi connectivity index (χ3n) is 4.36. The number of aromatic nitrogens is 1. The molecule has 0 fully saturated rings. The summed E-state index contributed by atoms with van der Waals surface area (Å²) in [5, 5.41) is 13.3. The molecule has 0 spiro atoms. The van der Waals surface area contributed by atoms with Gasteiger partial charge < -0.3 is 9.52 Å². The van der Waals surface area contributed by atoms with Crippen LogP contribution in [0.5, 0.6) is 0 Å². The summed E-state index contributed by atoms with van der Waals surface area (Å²) in [7, 11) is -3.59.